The highest BCUT2D eigenvalue weighted by Gasteiger charge is 2.27. The molecule has 0 aliphatic carbocycles. The van der Waals surface area contributed by atoms with Crippen molar-refractivity contribution >= 4 is 12.0 Å². The third kappa shape index (κ3) is 5.96. The molecule has 2 amide bonds. The van der Waals surface area contributed by atoms with Gasteiger partial charge in [0.1, 0.15) is 5.60 Å². The van der Waals surface area contributed by atoms with Crippen molar-refractivity contribution in [3.63, 3.8) is 0 Å². The maximum Gasteiger partial charge on any atom is 0.410 e. The van der Waals surface area contributed by atoms with Crippen LogP contribution in [0.4, 0.5) is 4.79 Å². The van der Waals surface area contributed by atoms with Crippen molar-refractivity contribution in [2.24, 2.45) is 0 Å². The minimum atomic E-state index is -0.447. The number of hydrogen-bond acceptors (Lipinski definition) is 4. The topological polar surface area (TPSA) is 61.9 Å². The van der Waals surface area contributed by atoms with Gasteiger partial charge in [0, 0.05) is 44.7 Å². The van der Waals surface area contributed by atoms with Crippen LogP contribution in [-0.2, 0) is 9.53 Å². The van der Waals surface area contributed by atoms with Crippen LogP contribution in [-0.4, -0.2) is 65.7 Å². The molecule has 0 aromatic heterocycles. The smallest absolute Gasteiger partial charge is 0.410 e. The molecule has 2 unspecified atom stereocenters. The predicted octanol–water partition coefficient (Wildman–Crippen LogP) is 2.38. The first-order chi connectivity index (χ1) is 11.2. The summed E-state index contributed by atoms with van der Waals surface area (Å²) in [6.07, 6.45) is 4.43. The van der Waals surface area contributed by atoms with E-state index in [1.54, 1.807) is 0 Å². The Morgan fingerprint density at radius 3 is 2.62 bits per heavy atom. The quantitative estimate of drug-likeness (QED) is 0.854. The van der Waals surface area contributed by atoms with Crippen LogP contribution in [0.15, 0.2) is 0 Å². The molecule has 2 heterocycles. The maximum atomic E-state index is 12.2. The molecule has 1 N–H and O–H groups in total. The Kier molecular flexibility index (Phi) is 6.49. The third-order valence-corrected chi connectivity index (χ3v) is 4.57. The van der Waals surface area contributed by atoms with Gasteiger partial charge in [0.25, 0.3) is 0 Å². The number of rotatable bonds is 4. The molecule has 2 saturated heterocycles. The molecule has 6 nitrogen and oxygen atoms in total. The molecule has 2 rings (SSSR count). The zero-order chi connectivity index (χ0) is 17.7. The van der Waals surface area contributed by atoms with Crippen molar-refractivity contribution in [3.05, 3.63) is 0 Å². The summed E-state index contributed by atoms with van der Waals surface area (Å²) < 4.78 is 5.47. The van der Waals surface area contributed by atoms with E-state index in [9.17, 15) is 9.59 Å². The second-order valence-electron chi connectivity index (χ2n) is 8.11. The van der Waals surface area contributed by atoms with Crippen LogP contribution in [0.3, 0.4) is 0 Å². The predicted molar refractivity (Wildman–Crippen MR) is 93.9 cm³/mol. The number of hydrogen-bond donors (Lipinski definition) is 1. The van der Waals surface area contributed by atoms with Gasteiger partial charge in [-0.05, 0) is 53.4 Å². The fourth-order valence-electron chi connectivity index (χ4n) is 3.45. The molecule has 0 aromatic carbocycles. The SMILES string of the molecule is CC(CN1CCCC1=O)NC1CCCN(C(=O)OC(C)(C)C)CC1. The van der Waals surface area contributed by atoms with Crippen molar-refractivity contribution in [2.75, 3.05) is 26.2 Å². The van der Waals surface area contributed by atoms with Gasteiger partial charge in [-0.1, -0.05) is 0 Å². The molecule has 2 aliphatic heterocycles. The van der Waals surface area contributed by atoms with E-state index in [1.807, 2.05) is 30.6 Å². The molecular formula is C18H33N3O3. The van der Waals surface area contributed by atoms with Gasteiger partial charge in [0.2, 0.25) is 5.91 Å². The van der Waals surface area contributed by atoms with E-state index in [0.29, 0.717) is 12.5 Å². The lowest BCUT2D eigenvalue weighted by atomic mass is 10.1. The van der Waals surface area contributed by atoms with Gasteiger partial charge < -0.3 is 19.9 Å². The standard InChI is InChI=1S/C18H33N3O3/c1-14(13-21-11-6-8-16(21)22)19-15-7-5-10-20(12-9-15)17(23)24-18(2,3)4/h14-15,19H,5-13H2,1-4H3. The molecule has 0 aromatic rings. The largest absolute Gasteiger partial charge is 0.444 e. The summed E-state index contributed by atoms with van der Waals surface area (Å²) in [6.45, 7) is 11.0. The van der Waals surface area contributed by atoms with Gasteiger partial charge in [-0.25, -0.2) is 4.79 Å². The minimum Gasteiger partial charge on any atom is -0.444 e. The Balaban J connectivity index is 1.76. The van der Waals surface area contributed by atoms with Crippen LogP contribution < -0.4 is 5.32 Å². The first-order valence-corrected chi connectivity index (χ1v) is 9.26. The van der Waals surface area contributed by atoms with Crippen molar-refractivity contribution in [1.29, 1.82) is 0 Å². The van der Waals surface area contributed by atoms with Gasteiger partial charge in [0.05, 0.1) is 0 Å². The van der Waals surface area contributed by atoms with Crippen LogP contribution >= 0.6 is 0 Å². The Morgan fingerprint density at radius 2 is 2.00 bits per heavy atom. The third-order valence-electron chi connectivity index (χ3n) is 4.57. The summed E-state index contributed by atoms with van der Waals surface area (Å²) in [5, 5.41) is 3.64. The second-order valence-corrected chi connectivity index (χ2v) is 8.11. The zero-order valence-electron chi connectivity index (χ0n) is 15.6. The van der Waals surface area contributed by atoms with Crippen molar-refractivity contribution < 1.29 is 14.3 Å². The summed E-state index contributed by atoms with van der Waals surface area (Å²) in [5.41, 5.74) is -0.447. The van der Waals surface area contributed by atoms with E-state index >= 15 is 0 Å². The monoisotopic (exact) mass is 339 g/mol. The highest BCUT2D eigenvalue weighted by atomic mass is 16.6. The lowest BCUT2D eigenvalue weighted by Gasteiger charge is -2.27. The van der Waals surface area contributed by atoms with Crippen molar-refractivity contribution in [1.82, 2.24) is 15.1 Å². The molecule has 0 radical (unpaired) electrons. The van der Waals surface area contributed by atoms with Crippen LogP contribution in [0.2, 0.25) is 0 Å². The van der Waals surface area contributed by atoms with E-state index in [0.717, 1.165) is 51.9 Å². The van der Waals surface area contributed by atoms with E-state index in [2.05, 4.69) is 12.2 Å². The number of carbonyl (C=O) groups excluding carboxylic acids is 2. The summed E-state index contributed by atoms with van der Waals surface area (Å²) >= 11 is 0. The summed E-state index contributed by atoms with van der Waals surface area (Å²) in [6, 6.07) is 0.676. The fourth-order valence-corrected chi connectivity index (χ4v) is 3.45. The van der Waals surface area contributed by atoms with E-state index in [4.69, 9.17) is 4.74 Å². The second kappa shape index (κ2) is 8.19. The molecule has 2 atom stereocenters. The van der Waals surface area contributed by atoms with Gasteiger partial charge in [-0.2, -0.15) is 0 Å². The van der Waals surface area contributed by atoms with E-state index in [1.165, 1.54) is 0 Å². The summed E-state index contributed by atoms with van der Waals surface area (Å²) in [4.78, 5) is 27.7. The highest BCUT2D eigenvalue weighted by molar-refractivity contribution is 5.78. The average molecular weight is 339 g/mol. The average Bonchev–Trinajstić information content (AvgIpc) is 2.72. The molecule has 0 saturated carbocycles. The molecule has 6 heteroatoms. The summed E-state index contributed by atoms with van der Waals surface area (Å²) in [7, 11) is 0. The number of likely N-dealkylation sites (tertiary alicyclic amines) is 2. The number of nitrogens with zero attached hydrogens (tertiary/aromatic N) is 2. The fraction of sp³-hybridized carbons (Fsp3) is 0.889. The van der Waals surface area contributed by atoms with Gasteiger partial charge >= 0.3 is 6.09 Å². The first-order valence-electron chi connectivity index (χ1n) is 9.26. The van der Waals surface area contributed by atoms with Crippen LogP contribution in [0, 0.1) is 0 Å². The zero-order valence-corrected chi connectivity index (χ0v) is 15.6. The van der Waals surface area contributed by atoms with E-state index in [-0.39, 0.29) is 18.0 Å². The first kappa shape index (κ1) is 19.0. The van der Waals surface area contributed by atoms with Gasteiger partial charge in [0.15, 0.2) is 0 Å². The van der Waals surface area contributed by atoms with Crippen molar-refractivity contribution in [2.45, 2.75) is 77.5 Å². The highest BCUT2D eigenvalue weighted by Crippen LogP contribution is 2.16. The maximum absolute atomic E-state index is 12.2. The van der Waals surface area contributed by atoms with Gasteiger partial charge in [-0.3, -0.25) is 4.79 Å². The van der Waals surface area contributed by atoms with Crippen LogP contribution in [0.1, 0.15) is 59.8 Å². The van der Waals surface area contributed by atoms with Crippen molar-refractivity contribution in [3.8, 4) is 0 Å². The van der Waals surface area contributed by atoms with E-state index < -0.39 is 5.60 Å². The van der Waals surface area contributed by atoms with Crippen LogP contribution in [0.25, 0.3) is 0 Å². The lowest BCUT2D eigenvalue weighted by Crippen LogP contribution is -2.44. The normalized spacial score (nSPS) is 24.0. The van der Waals surface area contributed by atoms with Crippen LogP contribution in [0.5, 0.6) is 0 Å². The number of amides is 2. The molecule has 0 spiro atoms. The Morgan fingerprint density at radius 1 is 1.25 bits per heavy atom. The van der Waals surface area contributed by atoms with Gasteiger partial charge in [-0.15, -0.1) is 0 Å². The molecule has 138 valence electrons. The minimum absolute atomic E-state index is 0.209. The number of carbonyl (C=O) groups is 2. The molecule has 2 fully saturated rings. The molecule has 0 bridgehead atoms. The Labute approximate surface area is 145 Å². The lowest BCUT2D eigenvalue weighted by molar-refractivity contribution is -0.128. The Hall–Kier alpha value is -1.30. The molecular weight excluding hydrogens is 306 g/mol. The molecule has 24 heavy (non-hydrogen) atoms. The molecule has 2 aliphatic rings. The Bertz CT molecular complexity index is 447. The summed E-state index contributed by atoms with van der Waals surface area (Å²) in [5.74, 6) is 0.278. The number of nitrogens with one attached hydrogen (secondary N) is 1. The number of ether oxygens (including phenoxy) is 1.